The van der Waals surface area contributed by atoms with Gasteiger partial charge in [-0.25, -0.2) is 9.79 Å². The summed E-state index contributed by atoms with van der Waals surface area (Å²) in [5.74, 6) is -0.454. The molecule has 1 aliphatic rings. The molecule has 46 heavy (non-hydrogen) atoms. The molecular weight excluding hydrogens is 688 g/mol. The van der Waals surface area contributed by atoms with E-state index in [0.29, 0.717) is 44.3 Å². The van der Waals surface area contributed by atoms with Gasteiger partial charge in [-0.2, -0.15) is 13.2 Å². The number of hydrogen-bond donors (Lipinski definition) is 0. The van der Waals surface area contributed by atoms with Gasteiger partial charge < -0.3 is 14.2 Å². The Morgan fingerprint density at radius 3 is 2.33 bits per heavy atom. The minimum atomic E-state index is -5.01. The average molecular weight is 712 g/mol. The molecule has 0 saturated heterocycles. The molecule has 1 aliphatic heterocycles. The Morgan fingerprint density at radius 1 is 0.957 bits per heavy atom. The molecule has 4 aromatic rings. The van der Waals surface area contributed by atoms with Gasteiger partial charge in [0.15, 0.2) is 22.0 Å². The Kier molecular flexibility index (Phi) is 10.2. The Hall–Kier alpha value is -3.77. The lowest BCUT2D eigenvalue weighted by atomic mass is 9.95. The molecule has 0 spiro atoms. The summed E-state index contributed by atoms with van der Waals surface area (Å²) in [6.45, 7) is 3.52. The van der Waals surface area contributed by atoms with Crippen LogP contribution in [0.15, 0.2) is 81.7 Å². The molecule has 0 aliphatic carbocycles. The molecule has 0 radical (unpaired) electrons. The van der Waals surface area contributed by atoms with Crippen LogP contribution < -0.4 is 24.4 Å². The summed E-state index contributed by atoms with van der Waals surface area (Å²) >= 11 is 19.0. The molecule has 1 aromatic heterocycles. The zero-order chi connectivity index (χ0) is 33.2. The standard InChI is InChI=1S/C32H24Cl3F3N2O5S/c1-3-43-24-13-17(5-12-23(24)45-16-19-8-11-21(34)15-22(19)35)14-25-29(41)40-27(18-6-9-20(33)10-7-18)26(30(42)44-4-2)28(32(36,37)38)39-31(40)46-25/h5-15,27H,3-4,16H2,1-2H3/b25-14-/t27-/m0/s1. The maximum absolute atomic E-state index is 14.3. The molecule has 1 atom stereocenters. The third kappa shape index (κ3) is 7.12. The molecule has 0 N–H and O–H groups in total. The first-order valence-electron chi connectivity index (χ1n) is 13.8. The van der Waals surface area contributed by atoms with Crippen LogP contribution in [-0.4, -0.2) is 29.9 Å². The van der Waals surface area contributed by atoms with Crippen molar-refractivity contribution in [3.05, 3.63) is 123 Å². The van der Waals surface area contributed by atoms with Crippen LogP contribution in [0.4, 0.5) is 13.2 Å². The first-order chi connectivity index (χ1) is 21.9. The van der Waals surface area contributed by atoms with Gasteiger partial charge in [-0.15, -0.1) is 0 Å². The van der Waals surface area contributed by atoms with Crippen LogP contribution in [0.5, 0.6) is 11.5 Å². The monoisotopic (exact) mass is 710 g/mol. The average Bonchev–Trinajstić information content (AvgIpc) is 3.31. The number of benzene rings is 3. The van der Waals surface area contributed by atoms with Crippen LogP contribution >= 0.6 is 46.1 Å². The van der Waals surface area contributed by atoms with E-state index in [1.165, 1.54) is 37.3 Å². The molecule has 0 unspecified atom stereocenters. The number of fused-ring (bicyclic) bond motifs is 1. The number of carbonyl (C=O) groups excluding carboxylic acids is 1. The number of alkyl halides is 3. The SMILES string of the molecule is CCOC(=O)C1=C(C(F)(F)F)N=c2s/c(=C\c3ccc(OCc4ccc(Cl)cc4Cl)c(OCC)c3)c(=O)n2[C@H]1c1ccc(Cl)cc1. The first kappa shape index (κ1) is 33.6. The van der Waals surface area contributed by atoms with Gasteiger partial charge in [-0.1, -0.05) is 70.4 Å². The van der Waals surface area contributed by atoms with Gasteiger partial charge in [0, 0.05) is 20.6 Å². The highest BCUT2D eigenvalue weighted by Gasteiger charge is 2.45. The summed E-state index contributed by atoms with van der Waals surface area (Å²) < 4.78 is 60.9. The quantitative estimate of drug-likeness (QED) is 0.171. The fraction of sp³-hybridized carbons (Fsp3) is 0.219. The van der Waals surface area contributed by atoms with Crippen LogP contribution in [-0.2, 0) is 16.1 Å². The Morgan fingerprint density at radius 2 is 1.67 bits per heavy atom. The zero-order valence-corrected chi connectivity index (χ0v) is 27.2. The molecule has 3 aromatic carbocycles. The van der Waals surface area contributed by atoms with Crippen LogP contribution in [0.1, 0.15) is 36.6 Å². The van der Waals surface area contributed by atoms with Crippen LogP contribution in [0.3, 0.4) is 0 Å². The van der Waals surface area contributed by atoms with Crippen molar-refractivity contribution in [2.75, 3.05) is 13.2 Å². The normalized spacial score (nSPS) is 15.0. The molecule has 240 valence electrons. The van der Waals surface area contributed by atoms with Gasteiger partial charge in [0.05, 0.1) is 29.4 Å². The number of esters is 1. The van der Waals surface area contributed by atoms with Gasteiger partial charge in [0.25, 0.3) is 5.56 Å². The van der Waals surface area contributed by atoms with Gasteiger partial charge in [0.1, 0.15) is 6.61 Å². The van der Waals surface area contributed by atoms with E-state index < -0.39 is 35.0 Å². The summed E-state index contributed by atoms with van der Waals surface area (Å²) in [5, 5.41) is 1.25. The first-order valence-corrected chi connectivity index (χ1v) is 15.8. The third-order valence-corrected chi connectivity index (χ3v) is 8.57. The third-order valence-electron chi connectivity index (χ3n) is 6.74. The summed E-state index contributed by atoms with van der Waals surface area (Å²) in [6, 6.07) is 14.4. The fourth-order valence-electron chi connectivity index (χ4n) is 4.75. The largest absolute Gasteiger partial charge is 0.490 e. The zero-order valence-electron chi connectivity index (χ0n) is 24.2. The number of carbonyl (C=O) groups is 1. The van der Waals surface area contributed by atoms with Crippen molar-refractivity contribution in [1.29, 1.82) is 0 Å². The van der Waals surface area contributed by atoms with Gasteiger partial charge in [-0.05, 0) is 67.4 Å². The lowest BCUT2D eigenvalue weighted by Crippen LogP contribution is -2.41. The lowest BCUT2D eigenvalue weighted by molar-refractivity contribution is -0.140. The van der Waals surface area contributed by atoms with E-state index in [1.54, 1.807) is 43.3 Å². The Labute approximate surface area is 279 Å². The van der Waals surface area contributed by atoms with Crippen LogP contribution in [0, 0.1) is 0 Å². The molecule has 0 amide bonds. The van der Waals surface area contributed by atoms with Gasteiger partial charge >= 0.3 is 12.1 Å². The number of rotatable bonds is 9. The summed E-state index contributed by atoms with van der Waals surface area (Å²) in [4.78, 5) is 30.4. The topological polar surface area (TPSA) is 79.1 Å². The van der Waals surface area contributed by atoms with E-state index in [2.05, 4.69) is 4.99 Å². The van der Waals surface area contributed by atoms with Crippen molar-refractivity contribution >= 4 is 58.2 Å². The number of ether oxygens (including phenoxy) is 3. The molecule has 7 nitrogen and oxygen atoms in total. The highest BCUT2D eigenvalue weighted by molar-refractivity contribution is 7.07. The smallest absolute Gasteiger partial charge is 0.434 e. The van der Waals surface area contributed by atoms with Crippen molar-refractivity contribution < 1.29 is 32.2 Å². The second-order valence-electron chi connectivity index (χ2n) is 9.78. The van der Waals surface area contributed by atoms with E-state index in [-0.39, 0.29) is 28.1 Å². The molecule has 14 heteroatoms. The molecule has 2 heterocycles. The molecule has 5 rings (SSSR count). The van der Waals surface area contributed by atoms with Crippen molar-refractivity contribution in [3.8, 4) is 11.5 Å². The number of allylic oxidation sites excluding steroid dienone is 1. The second kappa shape index (κ2) is 13.9. The fourth-order valence-corrected chi connectivity index (χ4v) is 6.34. The highest BCUT2D eigenvalue weighted by atomic mass is 35.5. The van der Waals surface area contributed by atoms with Crippen molar-refractivity contribution in [3.63, 3.8) is 0 Å². The second-order valence-corrected chi connectivity index (χ2v) is 12.1. The molecular formula is C32H24Cl3F3N2O5S. The minimum absolute atomic E-state index is 0.0772. The van der Waals surface area contributed by atoms with E-state index in [4.69, 9.17) is 49.0 Å². The lowest BCUT2D eigenvalue weighted by Gasteiger charge is -2.26. The number of thiazole rings is 1. The van der Waals surface area contributed by atoms with E-state index in [1.807, 2.05) is 0 Å². The summed E-state index contributed by atoms with van der Waals surface area (Å²) in [6.07, 6.45) is -3.51. The molecule has 0 saturated carbocycles. The number of nitrogens with zero attached hydrogens (tertiary/aromatic N) is 2. The predicted octanol–water partition coefficient (Wildman–Crippen LogP) is 7.28. The van der Waals surface area contributed by atoms with Crippen molar-refractivity contribution in [2.45, 2.75) is 32.7 Å². The van der Waals surface area contributed by atoms with E-state index in [9.17, 15) is 22.8 Å². The maximum Gasteiger partial charge on any atom is 0.434 e. The van der Waals surface area contributed by atoms with Gasteiger partial charge in [-0.3, -0.25) is 9.36 Å². The van der Waals surface area contributed by atoms with Crippen molar-refractivity contribution in [2.24, 2.45) is 4.99 Å². The Bertz CT molecular complexity index is 2010. The molecule has 0 fully saturated rings. The summed E-state index contributed by atoms with van der Waals surface area (Å²) in [7, 11) is 0. The summed E-state index contributed by atoms with van der Waals surface area (Å²) in [5.41, 5.74) is -1.44. The van der Waals surface area contributed by atoms with Gasteiger partial charge in [0.2, 0.25) is 0 Å². The van der Waals surface area contributed by atoms with E-state index in [0.717, 1.165) is 15.9 Å². The predicted molar refractivity (Wildman–Crippen MR) is 171 cm³/mol. The number of halogens is 6. The van der Waals surface area contributed by atoms with Crippen LogP contribution in [0.25, 0.3) is 6.08 Å². The van der Waals surface area contributed by atoms with Crippen molar-refractivity contribution in [1.82, 2.24) is 4.57 Å². The highest BCUT2D eigenvalue weighted by Crippen LogP contribution is 2.38. The maximum atomic E-state index is 14.3. The number of aromatic nitrogens is 1. The van der Waals surface area contributed by atoms with E-state index >= 15 is 0 Å². The Balaban J connectivity index is 1.61. The minimum Gasteiger partial charge on any atom is -0.490 e. The van der Waals surface area contributed by atoms with Crippen LogP contribution in [0.2, 0.25) is 15.1 Å². The molecule has 0 bridgehead atoms. The number of hydrogen-bond acceptors (Lipinski definition) is 7.